The fourth-order valence-corrected chi connectivity index (χ4v) is 4.23. The molecule has 0 rings (SSSR count). The minimum Gasteiger partial charge on any atom is -0.466 e. The van der Waals surface area contributed by atoms with Crippen LogP contribution in [0.2, 0.25) is 0 Å². The third-order valence-corrected chi connectivity index (χ3v) is 6.53. The molecule has 0 spiro atoms. The van der Waals surface area contributed by atoms with Crippen LogP contribution in [0.25, 0.3) is 0 Å². The van der Waals surface area contributed by atoms with E-state index in [-0.39, 0.29) is 11.9 Å². The van der Waals surface area contributed by atoms with Gasteiger partial charge in [0.1, 0.15) is 0 Å². The van der Waals surface area contributed by atoms with Crippen LogP contribution in [-0.4, -0.2) is 25.2 Å². The summed E-state index contributed by atoms with van der Waals surface area (Å²) in [4.78, 5) is 23.5. The lowest BCUT2D eigenvalue weighted by atomic mass is 10.1. The molecule has 0 aromatic carbocycles. The van der Waals surface area contributed by atoms with Crippen LogP contribution >= 0.6 is 0 Å². The van der Waals surface area contributed by atoms with Crippen molar-refractivity contribution < 1.29 is 19.1 Å². The Balaban J connectivity index is 3.23. The van der Waals surface area contributed by atoms with Gasteiger partial charge in [-0.05, 0) is 25.7 Å². The summed E-state index contributed by atoms with van der Waals surface area (Å²) in [6, 6.07) is 0. The number of esters is 2. The molecule has 0 heterocycles. The normalized spacial score (nSPS) is 11.0. The number of ether oxygens (including phenoxy) is 2. The van der Waals surface area contributed by atoms with Gasteiger partial charge in [-0.3, -0.25) is 9.59 Å². The van der Waals surface area contributed by atoms with Crippen molar-refractivity contribution in [2.24, 2.45) is 0 Å². The minimum absolute atomic E-state index is 0.0373. The van der Waals surface area contributed by atoms with E-state index in [0.717, 1.165) is 57.8 Å². The van der Waals surface area contributed by atoms with E-state index >= 15 is 0 Å². The summed E-state index contributed by atoms with van der Waals surface area (Å²) in [6.45, 7) is 5.61. The van der Waals surface area contributed by atoms with Gasteiger partial charge in [0.15, 0.2) is 0 Å². The van der Waals surface area contributed by atoms with Crippen molar-refractivity contribution in [3.05, 3.63) is 0 Å². The van der Waals surface area contributed by atoms with Gasteiger partial charge in [-0.15, -0.1) is 0 Å². The van der Waals surface area contributed by atoms with Gasteiger partial charge in [0, 0.05) is 12.8 Å². The lowest BCUT2D eigenvalue weighted by molar-refractivity contribution is -0.144. The van der Waals surface area contributed by atoms with Crippen molar-refractivity contribution in [1.29, 1.82) is 0 Å². The summed E-state index contributed by atoms with van der Waals surface area (Å²) < 4.78 is 10.6. The van der Waals surface area contributed by atoms with Crippen LogP contribution in [-0.2, 0) is 19.1 Å². The summed E-state index contributed by atoms with van der Waals surface area (Å²) in [5.74, 6) is -0.0860. The number of rotatable bonds is 27. The van der Waals surface area contributed by atoms with Gasteiger partial charge in [-0.2, -0.15) is 0 Å². The third-order valence-electron chi connectivity index (χ3n) is 6.53. The number of carbonyl (C=O) groups excluding carboxylic acids is 2. The number of hydrogen-bond donors (Lipinski definition) is 0. The van der Waals surface area contributed by atoms with Crippen LogP contribution in [0.4, 0.5) is 0 Å². The second-order valence-corrected chi connectivity index (χ2v) is 10.0. The van der Waals surface area contributed by atoms with Crippen LogP contribution in [0, 0.1) is 0 Å². The van der Waals surface area contributed by atoms with Crippen molar-refractivity contribution in [3.63, 3.8) is 0 Å². The molecule has 0 saturated carbocycles. The van der Waals surface area contributed by atoms with E-state index in [1.54, 1.807) is 0 Å². The molecular weight excluding hydrogens is 424 g/mol. The molecule has 0 aromatic heterocycles. The molecule has 0 fully saturated rings. The first-order chi connectivity index (χ1) is 16.7. The smallest absolute Gasteiger partial charge is 0.305 e. The van der Waals surface area contributed by atoms with Gasteiger partial charge in [0.2, 0.25) is 0 Å². The van der Waals surface area contributed by atoms with Crippen LogP contribution in [0.1, 0.15) is 168 Å². The van der Waals surface area contributed by atoms with Gasteiger partial charge in [0.05, 0.1) is 13.2 Å². The average Bonchev–Trinajstić information content (AvgIpc) is 2.83. The third kappa shape index (κ3) is 27.2. The molecule has 0 bridgehead atoms. The van der Waals surface area contributed by atoms with Crippen molar-refractivity contribution >= 4 is 11.9 Å². The Morgan fingerprint density at radius 3 is 1.00 bits per heavy atom. The van der Waals surface area contributed by atoms with E-state index in [0.29, 0.717) is 26.1 Å². The molecule has 0 aliphatic rings. The van der Waals surface area contributed by atoms with E-state index in [9.17, 15) is 9.59 Å². The quantitative estimate of drug-likeness (QED) is 0.0864. The molecule has 0 aliphatic carbocycles. The molecule has 34 heavy (non-hydrogen) atoms. The van der Waals surface area contributed by atoms with Crippen LogP contribution < -0.4 is 0 Å². The van der Waals surface area contributed by atoms with E-state index in [1.807, 2.05) is 0 Å². The molecule has 0 aromatic rings. The molecular formula is C30H58O4. The summed E-state index contributed by atoms with van der Waals surface area (Å²) in [5, 5.41) is 0. The molecule has 0 radical (unpaired) electrons. The predicted octanol–water partition coefficient (Wildman–Crippen LogP) is 9.48. The first-order valence-electron chi connectivity index (χ1n) is 15.0. The van der Waals surface area contributed by atoms with Gasteiger partial charge >= 0.3 is 11.9 Å². The highest BCUT2D eigenvalue weighted by Gasteiger charge is 2.04. The zero-order valence-electron chi connectivity index (χ0n) is 23.0. The maximum atomic E-state index is 11.8. The Labute approximate surface area is 212 Å². The Bertz CT molecular complexity index is 436. The van der Waals surface area contributed by atoms with E-state index in [4.69, 9.17) is 9.47 Å². The van der Waals surface area contributed by atoms with E-state index in [1.165, 1.54) is 83.5 Å². The Morgan fingerprint density at radius 2 is 0.647 bits per heavy atom. The molecule has 0 unspecified atom stereocenters. The molecule has 0 saturated heterocycles. The lowest BCUT2D eigenvalue weighted by Crippen LogP contribution is -2.06. The second kappa shape index (κ2) is 28.2. The fourth-order valence-electron chi connectivity index (χ4n) is 4.23. The molecule has 0 amide bonds. The summed E-state index contributed by atoms with van der Waals surface area (Å²) >= 11 is 0. The molecule has 0 N–H and O–H groups in total. The van der Waals surface area contributed by atoms with Crippen LogP contribution in [0.3, 0.4) is 0 Å². The maximum Gasteiger partial charge on any atom is 0.305 e. The predicted molar refractivity (Wildman–Crippen MR) is 144 cm³/mol. The fraction of sp³-hybridized carbons (Fsp3) is 0.933. The summed E-state index contributed by atoms with van der Waals surface area (Å²) in [5.41, 5.74) is 0. The highest BCUT2D eigenvalue weighted by atomic mass is 16.5. The highest BCUT2D eigenvalue weighted by molar-refractivity contribution is 5.69. The lowest BCUT2D eigenvalue weighted by Gasteiger charge is -2.06. The van der Waals surface area contributed by atoms with Gasteiger partial charge in [-0.25, -0.2) is 0 Å². The zero-order chi connectivity index (χ0) is 25.0. The number of carbonyl (C=O) groups is 2. The van der Waals surface area contributed by atoms with E-state index < -0.39 is 0 Å². The van der Waals surface area contributed by atoms with Crippen molar-refractivity contribution in [2.75, 3.05) is 13.2 Å². The summed E-state index contributed by atoms with van der Waals surface area (Å²) in [7, 11) is 0. The molecule has 4 nitrogen and oxygen atoms in total. The van der Waals surface area contributed by atoms with Gasteiger partial charge in [0.25, 0.3) is 0 Å². The second-order valence-electron chi connectivity index (χ2n) is 10.0. The Morgan fingerprint density at radius 1 is 0.382 bits per heavy atom. The minimum atomic E-state index is -0.0487. The maximum absolute atomic E-state index is 11.8. The van der Waals surface area contributed by atoms with Crippen molar-refractivity contribution in [1.82, 2.24) is 0 Å². The Hall–Kier alpha value is -1.06. The summed E-state index contributed by atoms with van der Waals surface area (Å²) in [6.07, 6.45) is 27.7. The van der Waals surface area contributed by atoms with E-state index in [2.05, 4.69) is 13.8 Å². The molecule has 0 atom stereocenters. The zero-order valence-corrected chi connectivity index (χ0v) is 23.0. The number of hydrogen-bond acceptors (Lipinski definition) is 4. The largest absolute Gasteiger partial charge is 0.466 e. The Kier molecular flexibility index (Phi) is 27.3. The molecule has 202 valence electrons. The van der Waals surface area contributed by atoms with Gasteiger partial charge < -0.3 is 9.47 Å². The standard InChI is InChI=1S/C30H58O4/c1-3-5-7-9-10-11-12-13-14-17-20-24-28-34-30(32)26-22-19-16-15-18-21-25-29(31)33-27-23-8-6-4-2/h3-28H2,1-2H3. The van der Waals surface area contributed by atoms with Crippen molar-refractivity contribution in [2.45, 2.75) is 168 Å². The van der Waals surface area contributed by atoms with Gasteiger partial charge in [-0.1, -0.05) is 129 Å². The molecule has 4 heteroatoms. The SMILES string of the molecule is CCCCCCCCCCCCCCOC(=O)CCCCCCCCC(=O)OCCCCCC. The van der Waals surface area contributed by atoms with Crippen LogP contribution in [0.15, 0.2) is 0 Å². The van der Waals surface area contributed by atoms with Crippen LogP contribution in [0.5, 0.6) is 0 Å². The topological polar surface area (TPSA) is 52.6 Å². The molecule has 0 aliphatic heterocycles. The highest BCUT2D eigenvalue weighted by Crippen LogP contribution is 2.13. The first-order valence-corrected chi connectivity index (χ1v) is 15.0. The monoisotopic (exact) mass is 482 g/mol. The average molecular weight is 483 g/mol. The first kappa shape index (κ1) is 32.9. The number of unbranched alkanes of at least 4 members (excludes halogenated alkanes) is 19. The van der Waals surface area contributed by atoms with Crippen molar-refractivity contribution in [3.8, 4) is 0 Å².